The SMILES string of the molecule is CCCCCCCCCCCCNC(=O)c1cccc2c1CCCC2. The van der Waals surface area contributed by atoms with Crippen molar-refractivity contribution >= 4 is 5.91 Å². The van der Waals surface area contributed by atoms with Crippen molar-refractivity contribution in [3.63, 3.8) is 0 Å². The van der Waals surface area contributed by atoms with Crippen molar-refractivity contribution < 1.29 is 4.79 Å². The Bertz CT molecular complexity index is 509. The number of carbonyl (C=O) groups is 1. The van der Waals surface area contributed by atoms with Crippen molar-refractivity contribution in [2.24, 2.45) is 0 Å². The van der Waals surface area contributed by atoms with Gasteiger partial charge in [0.1, 0.15) is 0 Å². The number of fused-ring (bicyclic) bond motifs is 1. The molecule has 0 fully saturated rings. The lowest BCUT2D eigenvalue weighted by Crippen LogP contribution is -2.26. The summed E-state index contributed by atoms with van der Waals surface area (Å²) in [6.07, 6.45) is 18.0. The van der Waals surface area contributed by atoms with Gasteiger partial charge in [0.25, 0.3) is 5.91 Å². The first-order valence-corrected chi connectivity index (χ1v) is 10.7. The molecule has 1 aliphatic rings. The van der Waals surface area contributed by atoms with Crippen LogP contribution >= 0.6 is 0 Å². The third-order valence-corrected chi connectivity index (χ3v) is 5.46. The van der Waals surface area contributed by atoms with Crippen LogP contribution in [-0.2, 0) is 12.8 Å². The average molecular weight is 344 g/mol. The molecular weight excluding hydrogens is 306 g/mol. The second kappa shape index (κ2) is 12.1. The maximum absolute atomic E-state index is 12.5. The Morgan fingerprint density at radius 2 is 1.52 bits per heavy atom. The first kappa shape index (κ1) is 20.0. The lowest BCUT2D eigenvalue weighted by molar-refractivity contribution is 0.0951. The second-order valence-electron chi connectivity index (χ2n) is 7.59. The molecule has 0 spiro atoms. The van der Waals surface area contributed by atoms with Crippen LogP contribution in [0.25, 0.3) is 0 Å². The summed E-state index contributed by atoms with van der Waals surface area (Å²) in [6.45, 7) is 3.09. The van der Waals surface area contributed by atoms with Crippen LogP contribution in [0, 0.1) is 0 Å². The summed E-state index contributed by atoms with van der Waals surface area (Å²) in [5, 5.41) is 3.14. The topological polar surface area (TPSA) is 29.1 Å². The first-order valence-electron chi connectivity index (χ1n) is 10.7. The lowest BCUT2D eigenvalue weighted by atomic mass is 9.88. The van der Waals surface area contributed by atoms with Gasteiger partial charge in [0.15, 0.2) is 0 Å². The van der Waals surface area contributed by atoms with E-state index < -0.39 is 0 Å². The molecule has 2 rings (SSSR count). The van der Waals surface area contributed by atoms with E-state index >= 15 is 0 Å². The van der Waals surface area contributed by atoms with Crippen LogP contribution in [0.15, 0.2) is 18.2 Å². The maximum atomic E-state index is 12.5. The molecule has 140 valence electrons. The summed E-state index contributed by atoms with van der Waals surface area (Å²) in [5.41, 5.74) is 3.61. The van der Waals surface area contributed by atoms with Crippen LogP contribution in [0.4, 0.5) is 0 Å². The van der Waals surface area contributed by atoms with Crippen LogP contribution in [0.3, 0.4) is 0 Å². The maximum Gasteiger partial charge on any atom is 0.251 e. The van der Waals surface area contributed by atoms with Crippen LogP contribution in [0.2, 0.25) is 0 Å². The lowest BCUT2D eigenvalue weighted by Gasteiger charge is -2.18. The Morgan fingerprint density at radius 1 is 0.880 bits per heavy atom. The van der Waals surface area contributed by atoms with Crippen molar-refractivity contribution in [1.29, 1.82) is 0 Å². The van der Waals surface area contributed by atoms with Gasteiger partial charge in [-0.05, 0) is 49.3 Å². The number of rotatable bonds is 12. The molecule has 0 atom stereocenters. The predicted molar refractivity (Wildman–Crippen MR) is 107 cm³/mol. The molecule has 0 unspecified atom stereocenters. The minimum absolute atomic E-state index is 0.134. The average Bonchev–Trinajstić information content (AvgIpc) is 2.65. The predicted octanol–water partition coefficient (Wildman–Crippen LogP) is 6.22. The fraction of sp³-hybridized carbons (Fsp3) is 0.696. The van der Waals surface area contributed by atoms with Crippen LogP contribution < -0.4 is 5.32 Å². The molecule has 1 aromatic rings. The summed E-state index contributed by atoms with van der Waals surface area (Å²) in [7, 11) is 0. The molecule has 1 aliphatic carbocycles. The zero-order valence-corrected chi connectivity index (χ0v) is 16.2. The van der Waals surface area contributed by atoms with E-state index in [9.17, 15) is 4.79 Å². The Kier molecular flexibility index (Phi) is 9.69. The molecule has 0 saturated heterocycles. The van der Waals surface area contributed by atoms with Gasteiger partial charge in [0, 0.05) is 12.1 Å². The summed E-state index contributed by atoms with van der Waals surface area (Å²) >= 11 is 0. The largest absolute Gasteiger partial charge is 0.352 e. The van der Waals surface area contributed by atoms with Crippen LogP contribution in [0.1, 0.15) is 105 Å². The third-order valence-electron chi connectivity index (χ3n) is 5.46. The van der Waals surface area contributed by atoms with Gasteiger partial charge in [-0.2, -0.15) is 0 Å². The molecule has 1 N–H and O–H groups in total. The third kappa shape index (κ3) is 7.22. The van der Waals surface area contributed by atoms with Gasteiger partial charge < -0.3 is 5.32 Å². The monoisotopic (exact) mass is 343 g/mol. The minimum atomic E-state index is 0.134. The fourth-order valence-corrected chi connectivity index (χ4v) is 3.90. The van der Waals surface area contributed by atoms with E-state index in [0.29, 0.717) is 0 Å². The van der Waals surface area contributed by atoms with Crippen LogP contribution in [-0.4, -0.2) is 12.5 Å². The number of amides is 1. The Labute approximate surface area is 154 Å². The molecule has 1 amide bonds. The molecular formula is C23H37NO. The molecule has 2 nitrogen and oxygen atoms in total. The molecule has 0 bridgehead atoms. The van der Waals surface area contributed by atoms with Crippen molar-refractivity contribution in [2.45, 2.75) is 96.8 Å². The first-order chi connectivity index (χ1) is 12.3. The zero-order valence-electron chi connectivity index (χ0n) is 16.2. The number of unbranched alkanes of at least 4 members (excludes halogenated alkanes) is 9. The zero-order chi connectivity index (χ0) is 17.7. The molecule has 0 heterocycles. The summed E-state index contributed by atoms with van der Waals surface area (Å²) in [4.78, 5) is 12.5. The Hall–Kier alpha value is -1.31. The second-order valence-corrected chi connectivity index (χ2v) is 7.59. The van der Waals surface area contributed by atoms with Gasteiger partial charge in [0.05, 0.1) is 0 Å². The van der Waals surface area contributed by atoms with E-state index in [1.54, 1.807) is 0 Å². The van der Waals surface area contributed by atoms with Gasteiger partial charge in [-0.1, -0.05) is 76.8 Å². The van der Waals surface area contributed by atoms with E-state index in [0.717, 1.165) is 31.4 Å². The highest BCUT2D eigenvalue weighted by Crippen LogP contribution is 2.24. The van der Waals surface area contributed by atoms with Gasteiger partial charge in [-0.15, -0.1) is 0 Å². The van der Waals surface area contributed by atoms with Crippen molar-refractivity contribution in [3.05, 3.63) is 34.9 Å². The normalized spacial score (nSPS) is 13.5. The summed E-state index contributed by atoms with van der Waals surface area (Å²) in [6, 6.07) is 6.23. The van der Waals surface area contributed by atoms with Gasteiger partial charge in [-0.25, -0.2) is 0 Å². The Morgan fingerprint density at radius 3 is 2.24 bits per heavy atom. The van der Waals surface area contributed by atoms with Gasteiger partial charge in [-0.3, -0.25) is 4.79 Å². The number of nitrogens with one attached hydrogen (secondary N) is 1. The molecule has 0 aliphatic heterocycles. The van der Waals surface area contributed by atoms with E-state index in [-0.39, 0.29) is 5.91 Å². The smallest absolute Gasteiger partial charge is 0.251 e. The van der Waals surface area contributed by atoms with Crippen molar-refractivity contribution in [3.8, 4) is 0 Å². The molecule has 0 aromatic heterocycles. The molecule has 2 heteroatoms. The van der Waals surface area contributed by atoms with E-state index in [4.69, 9.17) is 0 Å². The van der Waals surface area contributed by atoms with Crippen LogP contribution in [0.5, 0.6) is 0 Å². The van der Waals surface area contributed by atoms with E-state index in [1.165, 1.54) is 81.8 Å². The summed E-state index contributed by atoms with van der Waals surface area (Å²) in [5.74, 6) is 0.134. The molecule has 0 saturated carbocycles. The number of benzene rings is 1. The van der Waals surface area contributed by atoms with Crippen molar-refractivity contribution in [2.75, 3.05) is 6.54 Å². The van der Waals surface area contributed by atoms with Gasteiger partial charge in [0.2, 0.25) is 0 Å². The highest BCUT2D eigenvalue weighted by molar-refractivity contribution is 5.96. The molecule has 1 aromatic carbocycles. The van der Waals surface area contributed by atoms with E-state index in [1.807, 2.05) is 12.1 Å². The fourth-order valence-electron chi connectivity index (χ4n) is 3.90. The number of hydrogen-bond acceptors (Lipinski definition) is 1. The molecule has 25 heavy (non-hydrogen) atoms. The van der Waals surface area contributed by atoms with E-state index in [2.05, 4.69) is 18.3 Å². The van der Waals surface area contributed by atoms with Crippen molar-refractivity contribution in [1.82, 2.24) is 5.32 Å². The number of aryl methyl sites for hydroxylation is 1. The highest BCUT2D eigenvalue weighted by Gasteiger charge is 2.16. The highest BCUT2D eigenvalue weighted by atomic mass is 16.1. The number of hydrogen-bond donors (Lipinski definition) is 1. The molecule has 0 radical (unpaired) electrons. The van der Waals surface area contributed by atoms with Gasteiger partial charge >= 0.3 is 0 Å². The quantitative estimate of drug-likeness (QED) is 0.449. The summed E-state index contributed by atoms with van der Waals surface area (Å²) < 4.78 is 0. The Balaban J connectivity index is 1.55. The standard InChI is InChI=1S/C23H37NO/c1-2-3-4-5-6-7-8-9-10-13-19-24-23(25)22-18-14-16-20-15-11-12-17-21(20)22/h14,16,18H,2-13,15,17,19H2,1H3,(H,24,25). The minimum Gasteiger partial charge on any atom is -0.352 e. The number of carbonyl (C=O) groups excluding carboxylic acids is 1.